The third-order valence-corrected chi connectivity index (χ3v) is 4.63. The molecule has 0 unspecified atom stereocenters. The maximum Gasteiger partial charge on any atom is 0.255 e. The van der Waals surface area contributed by atoms with Gasteiger partial charge < -0.3 is 9.26 Å². The van der Waals surface area contributed by atoms with Crippen molar-refractivity contribution in [3.05, 3.63) is 29.7 Å². The first-order chi connectivity index (χ1) is 10.7. The van der Waals surface area contributed by atoms with Crippen LogP contribution < -0.4 is 0 Å². The van der Waals surface area contributed by atoms with Gasteiger partial charge in [0.05, 0.1) is 12.3 Å². The van der Waals surface area contributed by atoms with E-state index in [0.717, 1.165) is 32.4 Å². The number of ether oxygens (including phenoxy) is 1. The molecule has 2 aliphatic heterocycles. The first-order valence-corrected chi connectivity index (χ1v) is 7.86. The van der Waals surface area contributed by atoms with Gasteiger partial charge in [0.25, 0.3) is 5.89 Å². The Labute approximate surface area is 129 Å². The average molecular weight is 303 g/mol. The van der Waals surface area contributed by atoms with Crippen LogP contribution in [0, 0.1) is 6.92 Å². The first kappa shape index (κ1) is 13.9. The molecule has 0 aliphatic carbocycles. The van der Waals surface area contributed by atoms with E-state index in [0.29, 0.717) is 17.8 Å². The Balaban J connectivity index is 1.41. The van der Waals surface area contributed by atoms with Crippen molar-refractivity contribution >= 4 is 0 Å². The lowest BCUT2D eigenvalue weighted by Gasteiger charge is -2.34. The standard InChI is InChI=1S/C15H21N5O2/c1-10-17-15(22-18-10)14-4-3-12-13(21-14)5-6-20(12)9-11-7-16-19(2)8-11/h7-8,12-14H,3-6,9H2,1-2H3/t12-,13-,14-/m0/s1. The third-order valence-electron chi connectivity index (χ3n) is 4.63. The Hall–Kier alpha value is -1.73. The topological polar surface area (TPSA) is 69.2 Å². The summed E-state index contributed by atoms with van der Waals surface area (Å²) in [7, 11) is 1.96. The van der Waals surface area contributed by atoms with Gasteiger partial charge in [0.15, 0.2) is 5.82 Å². The van der Waals surface area contributed by atoms with Crippen molar-refractivity contribution in [2.75, 3.05) is 6.54 Å². The van der Waals surface area contributed by atoms with Crippen molar-refractivity contribution in [2.45, 2.75) is 51.0 Å². The minimum absolute atomic E-state index is 0.0409. The van der Waals surface area contributed by atoms with E-state index < -0.39 is 0 Å². The molecule has 4 rings (SSSR count). The number of aryl methyl sites for hydroxylation is 2. The summed E-state index contributed by atoms with van der Waals surface area (Å²) < 4.78 is 13.3. The van der Waals surface area contributed by atoms with Crippen LogP contribution in [0.3, 0.4) is 0 Å². The Morgan fingerprint density at radius 2 is 2.23 bits per heavy atom. The zero-order chi connectivity index (χ0) is 15.1. The highest BCUT2D eigenvalue weighted by atomic mass is 16.5. The zero-order valence-corrected chi connectivity index (χ0v) is 13.0. The van der Waals surface area contributed by atoms with E-state index >= 15 is 0 Å². The predicted octanol–water partition coefficient (Wildman–Crippen LogP) is 1.61. The number of aromatic nitrogens is 4. The second kappa shape index (κ2) is 5.48. The monoisotopic (exact) mass is 303 g/mol. The molecule has 4 heterocycles. The molecule has 0 aromatic carbocycles. The Bertz CT molecular complexity index is 652. The summed E-state index contributed by atoms with van der Waals surface area (Å²) in [5.74, 6) is 1.30. The maximum atomic E-state index is 6.22. The summed E-state index contributed by atoms with van der Waals surface area (Å²) in [6.45, 7) is 3.85. The molecule has 2 aromatic rings. The molecule has 22 heavy (non-hydrogen) atoms. The van der Waals surface area contributed by atoms with Gasteiger partial charge in [-0.2, -0.15) is 10.1 Å². The molecule has 0 amide bonds. The van der Waals surface area contributed by atoms with Gasteiger partial charge >= 0.3 is 0 Å². The van der Waals surface area contributed by atoms with Gasteiger partial charge in [-0.1, -0.05) is 5.16 Å². The molecular weight excluding hydrogens is 282 g/mol. The second-order valence-electron chi connectivity index (χ2n) is 6.27. The smallest absolute Gasteiger partial charge is 0.255 e. The number of hydrogen-bond acceptors (Lipinski definition) is 6. The van der Waals surface area contributed by atoms with E-state index in [2.05, 4.69) is 26.3 Å². The molecule has 2 saturated heterocycles. The molecule has 7 nitrogen and oxygen atoms in total. The summed E-state index contributed by atoms with van der Waals surface area (Å²) in [4.78, 5) is 6.82. The number of fused-ring (bicyclic) bond motifs is 1. The highest BCUT2D eigenvalue weighted by Gasteiger charge is 2.41. The summed E-state index contributed by atoms with van der Waals surface area (Å²) in [6, 6.07) is 0.487. The van der Waals surface area contributed by atoms with Gasteiger partial charge in [-0.25, -0.2) is 0 Å². The molecule has 0 saturated carbocycles. The number of likely N-dealkylation sites (tertiary alicyclic amines) is 1. The van der Waals surface area contributed by atoms with Gasteiger partial charge in [-0.05, 0) is 26.2 Å². The normalized spacial score (nSPS) is 28.9. The lowest BCUT2D eigenvalue weighted by Crippen LogP contribution is -2.40. The molecule has 118 valence electrons. The van der Waals surface area contributed by atoms with Crippen molar-refractivity contribution < 1.29 is 9.26 Å². The van der Waals surface area contributed by atoms with E-state index in [1.807, 2.05) is 24.9 Å². The predicted molar refractivity (Wildman–Crippen MR) is 77.9 cm³/mol. The molecule has 2 aromatic heterocycles. The lowest BCUT2D eigenvalue weighted by atomic mass is 9.99. The van der Waals surface area contributed by atoms with E-state index in [-0.39, 0.29) is 12.2 Å². The Morgan fingerprint density at radius 1 is 1.32 bits per heavy atom. The van der Waals surface area contributed by atoms with Crippen molar-refractivity contribution in [3.63, 3.8) is 0 Å². The third kappa shape index (κ3) is 2.55. The SMILES string of the molecule is Cc1noc([C@@H]2CC[C@H]3[C@H](CCN3Cc3cnn(C)c3)O2)n1. The van der Waals surface area contributed by atoms with Crippen LogP contribution in [0.5, 0.6) is 0 Å². The summed E-state index contributed by atoms with van der Waals surface area (Å²) in [5.41, 5.74) is 1.26. The van der Waals surface area contributed by atoms with Crippen LogP contribution in [0.4, 0.5) is 0 Å². The molecule has 0 bridgehead atoms. The van der Waals surface area contributed by atoms with Crippen LogP contribution in [0.25, 0.3) is 0 Å². The van der Waals surface area contributed by atoms with Gasteiger partial charge in [0, 0.05) is 37.9 Å². The van der Waals surface area contributed by atoms with Crippen LogP contribution >= 0.6 is 0 Å². The highest BCUT2D eigenvalue weighted by molar-refractivity contribution is 5.06. The second-order valence-corrected chi connectivity index (χ2v) is 6.27. The fourth-order valence-electron chi connectivity index (χ4n) is 3.62. The molecule has 0 N–H and O–H groups in total. The van der Waals surface area contributed by atoms with Crippen molar-refractivity contribution in [1.82, 2.24) is 24.8 Å². The van der Waals surface area contributed by atoms with Crippen LogP contribution in [0.15, 0.2) is 16.9 Å². The lowest BCUT2D eigenvalue weighted by molar-refractivity contribution is -0.0831. The van der Waals surface area contributed by atoms with Gasteiger partial charge in [0.2, 0.25) is 0 Å². The van der Waals surface area contributed by atoms with E-state index in [1.165, 1.54) is 5.56 Å². The Kier molecular flexibility index (Phi) is 3.46. The molecule has 0 spiro atoms. The van der Waals surface area contributed by atoms with E-state index in [9.17, 15) is 0 Å². The Morgan fingerprint density at radius 3 is 2.95 bits per heavy atom. The fraction of sp³-hybridized carbons (Fsp3) is 0.667. The first-order valence-electron chi connectivity index (χ1n) is 7.86. The molecule has 3 atom stereocenters. The average Bonchev–Trinajstić information content (AvgIpc) is 3.21. The van der Waals surface area contributed by atoms with Crippen LogP contribution in [0.2, 0.25) is 0 Å². The van der Waals surface area contributed by atoms with Gasteiger partial charge in [-0.15, -0.1) is 0 Å². The molecule has 7 heteroatoms. The summed E-state index contributed by atoms with van der Waals surface area (Å²) in [6.07, 6.45) is 7.36. The van der Waals surface area contributed by atoms with Crippen molar-refractivity contribution in [1.29, 1.82) is 0 Å². The number of nitrogens with zero attached hydrogens (tertiary/aromatic N) is 5. The van der Waals surface area contributed by atoms with Crippen LogP contribution in [-0.4, -0.2) is 43.5 Å². The minimum Gasteiger partial charge on any atom is -0.363 e. The van der Waals surface area contributed by atoms with E-state index in [4.69, 9.17) is 9.26 Å². The molecule has 2 aliphatic rings. The maximum absolute atomic E-state index is 6.22. The fourth-order valence-corrected chi connectivity index (χ4v) is 3.62. The largest absolute Gasteiger partial charge is 0.363 e. The van der Waals surface area contributed by atoms with Crippen LogP contribution in [-0.2, 0) is 18.3 Å². The molecule has 2 fully saturated rings. The zero-order valence-electron chi connectivity index (χ0n) is 13.0. The summed E-state index contributed by atoms with van der Waals surface area (Å²) >= 11 is 0. The summed E-state index contributed by atoms with van der Waals surface area (Å²) in [5, 5.41) is 8.11. The van der Waals surface area contributed by atoms with Crippen LogP contribution in [0.1, 0.15) is 42.6 Å². The minimum atomic E-state index is -0.0409. The molecule has 0 radical (unpaired) electrons. The highest BCUT2D eigenvalue weighted by Crippen LogP contribution is 2.37. The van der Waals surface area contributed by atoms with Gasteiger partial charge in [0.1, 0.15) is 6.10 Å². The number of rotatable bonds is 3. The van der Waals surface area contributed by atoms with E-state index in [1.54, 1.807) is 0 Å². The van der Waals surface area contributed by atoms with Crippen molar-refractivity contribution in [3.8, 4) is 0 Å². The van der Waals surface area contributed by atoms with Gasteiger partial charge in [-0.3, -0.25) is 9.58 Å². The van der Waals surface area contributed by atoms with Crippen molar-refractivity contribution in [2.24, 2.45) is 7.05 Å². The quantitative estimate of drug-likeness (QED) is 0.858. The molecular formula is C15H21N5O2. The number of hydrogen-bond donors (Lipinski definition) is 0.